The zero-order chi connectivity index (χ0) is 13.7. The van der Waals surface area contributed by atoms with Crippen LogP contribution in [-0.2, 0) is 4.74 Å². The third kappa shape index (κ3) is 2.14. The molecule has 1 fully saturated rings. The van der Waals surface area contributed by atoms with Gasteiger partial charge in [0, 0.05) is 10.8 Å². The Morgan fingerprint density at radius 2 is 1.84 bits per heavy atom. The summed E-state index contributed by atoms with van der Waals surface area (Å²) in [4.78, 5) is 4.93. The van der Waals surface area contributed by atoms with Gasteiger partial charge in [-0.05, 0) is 20.8 Å². The molecule has 3 rings (SSSR count). The van der Waals surface area contributed by atoms with Crippen molar-refractivity contribution in [3.8, 4) is 0 Å². The molecule has 2 nitrogen and oxygen atoms in total. The normalized spacial score (nSPS) is 36.7. The van der Waals surface area contributed by atoms with Crippen molar-refractivity contribution in [3.63, 3.8) is 0 Å². The van der Waals surface area contributed by atoms with E-state index in [0.29, 0.717) is 5.25 Å². The largest absolute Gasteiger partial charge is 0.348 e. The lowest BCUT2D eigenvalue weighted by molar-refractivity contribution is 0.0177. The van der Waals surface area contributed by atoms with E-state index in [4.69, 9.17) is 9.73 Å². The molecule has 0 N–H and O–H groups in total. The van der Waals surface area contributed by atoms with Crippen LogP contribution in [0.4, 0.5) is 0 Å². The summed E-state index contributed by atoms with van der Waals surface area (Å²) in [7, 11) is 0. The number of hydrogen-bond acceptors (Lipinski definition) is 4. The molecule has 4 heteroatoms. The highest BCUT2D eigenvalue weighted by Crippen LogP contribution is 2.60. The summed E-state index contributed by atoms with van der Waals surface area (Å²) in [5, 5.41) is 1.61. The Kier molecular flexibility index (Phi) is 3.23. The number of nitrogens with zero attached hydrogens (tertiary/aromatic N) is 1. The summed E-state index contributed by atoms with van der Waals surface area (Å²) < 4.78 is 6.03. The number of thioether (sulfide) groups is 2. The van der Waals surface area contributed by atoms with Gasteiger partial charge in [-0.1, -0.05) is 49.0 Å². The van der Waals surface area contributed by atoms with E-state index in [1.807, 2.05) is 17.8 Å². The smallest absolute Gasteiger partial charge is 0.191 e. The number of aliphatic imine (C=N–C) groups is 1. The Bertz CT molecular complexity index is 502. The summed E-state index contributed by atoms with van der Waals surface area (Å²) in [5.74, 6) is 0. The van der Waals surface area contributed by atoms with Gasteiger partial charge < -0.3 is 4.74 Å². The van der Waals surface area contributed by atoms with Crippen LogP contribution in [0.5, 0.6) is 0 Å². The summed E-state index contributed by atoms with van der Waals surface area (Å²) >= 11 is 3.69. The Hall–Kier alpha value is -0.450. The first-order chi connectivity index (χ1) is 8.94. The number of rotatable bonds is 1. The molecule has 0 amide bonds. The Morgan fingerprint density at radius 1 is 1.16 bits per heavy atom. The minimum atomic E-state index is -0.267. The second-order valence-electron chi connectivity index (χ2n) is 5.65. The Labute approximate surface area is 123 Å². The van der Waals surface area contributed by atoms with E-state index in [2.05, 4.69) is 52.0 Å². The first-order valence-corrected chi connectivity index (χ1v) is 8.33. The van der Waals surface area contributed by atoms with Gasteiger partial charge in [-0.2, -0.15) is 0 Å². The summed E-state index contributed by atoms with van der Waals surface area (Å²) in [6.07, 6.45) is 0.280. The van der Waals surface area contributed by atoms with Crippen LogP contribution in [0.25, 0.3) is 0 Å². The minimum absolute atomic E-state index is 0.202. The summed E-state index contributed by atoms with van der Waals surface area (Å²) in [5.41, 5.74) is 0.987. The molecule has 3 atom stereocenters. The zero-order valence-electron chi connectivity index (χ0n) is 11.7. The van der Waals surface area contributed by atoms with Gasteiger partial charge in [0.1, 0.15) is 10.6 Å². The molecule has 1 aromatic rings. The van der Waals surface area contributed by atoms with Crippen molar-refractivity contribution in [2.24, 2.45) is 4.99 Å². The number of benzene rings is 1. The van der Waals surface area contributed by atoms with Crippen molar-refractivity contribution in [2.75, 3.05) is 0 Å². The van der Waals surface area contributed by atoms with Gasteiger partial charge in [-0.3, -0.25) is 4.99 Å². The summed E-state index contributed by atoms with van der Waals surface area (Å²) in [6.45, 7) is 8.74. The number of hydrogen-bond donors (Lipinski definition) is 0. The molecule has 2 aliphatic rings. The third-order valence-electron chi connectivity index (χ3n) is 3.73. The molecular formula is C15H19NOS2. The molecule has 1 spiro atoms. The Balaban J connectivity index is 1.94. The molecule has 0 unspecified atom stereocenters. The third-order valence-corrected chi connectivity index (χ3v) is 7.31. The second kappa shape index (κ2) is 4.54. The predicted octanol–water partition coefficient (Wildman–Crippen LogP) is 4.15. The van der Waals surface area contributed by atoms with Crippen LogP contribution in [0.2, 0.25) is 0 Å². The highest BCUT2D eigenvalue weighted by Gasteiger charge is 2.59. The predicted molar refractivity (Wildman–Crippen MR) is 85.0 cm³/mol. The molecule has 0 aliphatic carbocycles. The molecule has 2 heterocycles. The fourth-order valence-electron chi connectivity index (χ4n) is 2.35. The van der Waals surface area contributed by atoms with Gasteiger partial charge in [0.25, 0.3) is 0 Å². The highest BCUT2D eigenvalue weighted by molar-refractivity contribution is 8.26. The quantitative estimate of drug-likeness (QED) is 0.776. The second-order valence-corrected chi connectivity index (χ2v) is 8.62. The van der Waals surface area contributed by atoms with Gasteiger partial charge in [-0.15, -0.1) is 11.8 Å². The van der Waals surface area contributed by atoms with Gasteiger partial charge in [0.05, 0.1) is 6.10 Å². The van der Waals surface area contributed by atoms with Crippen LogP contribution < -0.4 is 0 Å². The van der Waals surface area contributed by atoms with Crippen LogP contribution in [0.3, 0.4) is 0 Å². The van der Waals surface area contributed by atoms with Crippen LogP contribution in [0.15, 0.2) is 35.3 Å². The van der Waals surface area contributed by atoms with E-state index < -0.39 is 0 Å². The zero-order valence-corrected chi connectivity index (χ0v) is 13.3. The molecule has 0 aromatic heterocycles. The average molecular weight is 293 g/mol. The maximum Gasteiger partial charge on any atom is 0.191 e. The van der Waals surface area contributed by atoms with Gasteiger partial charge in [0.15, 0.2) is 4.27 Å². The lowest BCUT2D eigenvalue weighted by Gasteiger charge is -2.33. The monoisotopic (exact) mass is 293 g/mol. The first kappa shape index (κ1) is 13.5. The van der Waals surface area contributed by atoms with Crippen molar-refractivity contribution in [1.29, 1.82) is 0 Å². The van der Waals surface area contributed by atoms with E-state index in [1.54, 1.807) is 11.8 Å². The van der Waals surface area contributed by atoms with Crippen molar-refractivity contribution >= 4 is 28.6 Å². The molecule has 0 saturated carbocycles. The lowest BCUT2D eigenvalue weighted by Crippen LogP contribution is -2.40. The number of ether oxygens (including phenoxy) is 1. The highest BCUT2D eigenvalue weighted by atomic mass is 32.2. The van der Waals surface area contributed by atoms with Crippen LogP contribution in [0.1, 0.15) is 33.3 Å². The molecule has 0 bridgehead atoms. The molecule has 1 aromatic carbocycles. The van der Waals surface area contributed by atoms with Crippen molar-refractivity contribution in [2.45, 2.75) is 48.9 Å². The van der Waals surface area contributed by atoms with Crippen molar-refractivity contribution < 1.29 is 4.74 Å². The van der Waals surface area contributed by atoms with Crippen LogP contribution in [-0.4, -0.2) is 26.2 Å². The van der Waals surface area contributed by atoms with Gasteiger partial charge in [-0.25, -0.2) is 0 Å². The summed E-state index contributed by atoms with van der Waals surface area (Å²) in [6, 6.07) is 10.4. The van der Waals surface area contributed by atoms with Gasteiger partial charge >= 0.3 is 0 Å². The fourth-order valence-corrected chi connectivity index (χ4v) is 5.79. The van der Waals surface area contributed by atoms with E-state index >= 15 is 0 Å². The molecular weight excluding hydrogens is 274 g/mol. The van der Waals surface area contributed by atoms with E-state index in [9.17, 15) is 0 Å². The fraction of sp³-hybridized carbons (Fsp3) is 0.533. The van der Waals surface area contributed by atoms with E-state index in [-0.39, 0.29) is 15.9 Å². The maximum atomic E-state index is 6.30. The minimum Gasteiger partial charge on any atom is -0.348 e. The SMILES string of the molecule is C[C@@H]1S[C@@]2(O[C@@H]1C)SC(c1ccccc1)=NC2(C)C. The molecule has 102 valence electrons. The average Bonchev–Trinajstić information content (AvgIpc) is 2.79. The van der Waals surface area contributed by atoms with Crippen LogP contribution >= 0.6 is 23.5 Å². The van der Waals surface area contributed by atoms with Crippen molar-refractivity contribution in [3.05, 3.63) is 35.9 Å². The molecule has 1 saturated heterocycles. The first-order valence-electron chi connectivity index (χ1n) is 6.63. The standard InChI is InChI=1S/C15H19NOS2/c1-10-11(2)18-15(17-10)14(3,4)16-13(19-15)12-8-6-5-7-9-12/h5-11H,1-4H3/t10-,11+,15-/m1/s1. The van der Waals surface area contributed by atoms with Gasteiger partial charge in [0.2, 0.25) is 0 Å². The Morgan fingerprint density at radius 3 is 2.42 bits per heavy atom. The lowest BCUT2D eigenvalue weighted by atomic mass is 10.1. The molecule has 19 heavy (non-hydrogen) atoms. The maximum absolute atomic E-state index is 6.30. The van der Waals surface area contributed by atoms with E-state index in [1.165, 1.54) is 5.56 Å². The van der Waals surface area contributed by atoms with Crippen LogP contribution in [0, 0.1) is 0 Å². The topological polar surface area (TPSA) is 21.6 Å². The van der Waals surface area contributed by atoms with Crippen molar-refractivity contribution in [1.82, 2.24) is 0 Å². The molecule has 2 aliphatic heterocycles. The molecule has 0 radical (unpaired) electrons. The van der Waals surface area contributed by atoms with E-state index in [0.717, 1.165) is 5.04 Å².